The third-order valence-corrected chi connectivity index (χ3v) is 0.594. The molecule has 0 aromatic rings. The van der Waals surface area contributed by atoms with E-state index in [2.05, 4.69) is 15.9 Å². The number of carbonyl (C=O) groups is 1. The molecule has 0 spiro atoms. The van der Waals surface area contributed by atoms with E-state index in [1.807, 2.05) is 26.0 Å². The molecular weight excluding hydrogens is 186 g/mol. The summed E-state index contributed by atoms with van der Waals surface area (Å²) in [4.78, 5) is 11.3. The Morgan fingerprint density at radius 2 is 1.67 bits per heavy atom. The highest BCUT2D eigenvalue weighted by molar-refractivity contribution is 9.09. The molecule has 0 saturated heterocycles. The van der Waals surface area contributed by atoms with Crippen LogP contribution in [0.25, 0.3) is 0 Å². The molecule has 0 aliphatic heterocycles. The van der Waals surface area contributed by atoms with E-state index in [4.69, 9.17) is 5.11 Å². The van der Waals surface area contributed by atoms with E-state index in [0.717, 1.165) is 0 Å². The molecule has 0 radical (unpaired) electrons. The van der Waals surface area contributed by atoms with Gasteiger partial charge in [-0.05, 0) is 21.1 Å². The average molecular weight is 198 g/mol. The summed E-state index contributed by atoms with van der Waals surface area (Å²) in [6.07, 6.45) is 0. The fraction of sp³-hybridized carbons (Fsp3) is 0.800. The van der Waals surface area contributed by atoms with Crippen molar-refractivity contribution >= 4 is 21.9 Å². The third-order valence-electron chi connectivity index (χ3n) is 0.114. The van der Waals surface area contributed by atoms with Crippen LogP contribution >= 0.6 is 15.9 Å². The van der Waals surface area contributed by atoms with Crippen LogP contribution in [0.4, 0.5) is 0 Å². The van der Waals surface area contributed by atoms with Crippen LogP contribution in [0.5, 0.6) is 0 Å². The quantitative estimate of drug-likeness (QED) is 0.628. The lowest BCUT2D eigenvalue weighted by Crippen LogP contribution is -1.99. The summed E-state index contributed by atoms with van der Waals surface area (Å²) in [6.45, 7) is 0. The molecule has 9 heavy (non-hydrogen) atoms. The van der Waals surface area contributed by atoms with Crippen molar-refractivity contribution in [1.82, 2.24) is 4.90 Å². The lowest BCUT2D eigenvalue weighted by molar-refractivity contribution is -0.133. The van der Waals surface area contributed by atoms with Crippen LogP contribution in [-0.2, 0) is 4.79 Å². The summed E-state index contributed by atoms with van der Waals surface area (Å²) >= 11 is 2.71. The third kappa shape index (κ3) is 75.7. The van der Waals surface area contributed by atoms with Crippen molar-refractivity contribution in [3.8, 4) is 0 Å². The normalized spacial score (nSPS) is 8.11. The first kappa shape index (κ1) is 11.7. The number of hydrogen-bond acceptors (Lipinski definition) is 2. The molecule has 0 rings (SSSR count). The van der Waals surface area contributed by atoms with Crippen LogP contribution in [0.1, 0.15) is 0 Å². The minimum atomic E-state index is -0.829. The van der Waals surface area contributed by atoms with E-state index < -0.39 is 5.97 Å². The summed E-state index contributed by atoms with van der Waals surface area (Å²) in [5.41, 5.74) is 0. The molecule has 4 heteroatoms. The molecule has 3 nitrogen and oxygen atoms in total. The molecule has 0 saturated carbocycles. The van der Waals surface area contributed by atoms with E-state index >= 15 is 0 Å². The second kappa shape index (κ2) is 7.91. The molecule has 0 atom stereocenters. The molecule has 56 valence electrons. The van der Waals surface area contributed by atoms with Gasteiger partial charge in [0.2, 0.25) is 0 Å². The van der Waals surface area contributed by atoms with Crippen LogP contribution in [0.2, 0.25) is 0 Å². The topological polar surface area (TPSA) is 40.5 Å². The number of rotatable bonds is 1. The highest BCUT2D eigenvalue weighted by Gasteiger charge is 1.83. The van der Waals surface area contributed by atoms with Crippen LogP contribution in [0.15, 0.2) is 0 Å². The van der Waals surface area contributed by atoms with Gasteiger partial charge in [0.1, 0.15) is 5.33 Å². The molecule has 0 bridgehead atoms. The second-order valence-electron chi connectivity index (χ2n) is 1.87. The van der Waals surface area contributed by atoms with Crippen molar-refractivity contribution in [3.63, 3.8) is 0 Å². The van der Waals surface area contributed by atoms with Crippen molar-refractivity contribution < 1.29 is 9.90 Å². The molecular formula is C5H12BrNO2. The fourth-order valence-corrected chi connectivity index (χ4v) is 0. The first-order chi connectivity index (χ1) is 4.00. The zero-order valence-corrected chi connectivity index (χ0v) is 7.47. The second-order valence-corrected chi connectivity index (χ2v) is 2.43. The predicted molar refractivity (Wildman–Crippen MR) is 41.0 cm³/mol. The Bertz CT molecular complexity index is 72.6. The fourth-order valence-electron chi connectivity index (χ4n) is 0. The summed E-state index contributed by atoms with van der Waals surface area (Å²) < 4.78 is 0. The minimum absolute atomic E-state index is 0.0347. The zero-order chi connectivity index (χ0) is 7.86. The summed E-state index contributed by atoms with van der Waals surface area (Å²) in [5.74, 6) is -0.829. The Labute approximate surface area is 63.8 Å². The van der Waals surface area contributed by atoms with E-state index in [9.17, 15) is 4.79 Å². The Balaban J connectivity index is 0. The molecule has 0 unspecified atom stereocenters. The van der Waals surface area contributed by atoms with Gasteiger partial charge in [-0.15, -0.1) is 0 Å². The monoisotopic (exact) mass is 197 g/mol. The minimum Gasteiger partial charge on any atom is -0.481 e. The van der Waals surface area contributed by atoms with Gasteiger partial charge in [-0.2, -0.15) is 0 Å². The number of alkyl halides is 1. The predicted octanol–water partition coefficient (Wildman–Crippen LogP) is 0.644. The molecule has 1 N–H and O–H groups in total. The largest absolute Gasteiger partial charge is 0.481 e. The van der Waals surface area contributed by atoms with Crippen molar-refractivity contribution in [1.29, 1.82) is 0 Å². The van der Waals surface area contributed by atoms with Gasteiger partial charge in [0.25, 0.3) is 0 Å². The maximum Gasteiger partial charge on any atom is 0.314 e. The molecule has 0 aromatic carbocycles. The van der Waals surface area contributed by atoms with E-state index in [1.54, 1.807) is 0 Å². The number of carboxylic acid groups (broad SMARTS) is 1. The first-order valence-corrected chi connectivity index (χ1v) is 3.51. The van der Waals surface area contributed by atoms with E-state index in [1.165, 1.54) is 0 Å². The van der Waals surface area contributed by atoms with Gasteiger partial charge in [0.05, 0.1) is 0 Å². The zero-order valence-electron chi connectivity index (χ0n) is 5.89. The van der Waals surface area contributed by atoms with Crippen molar-refractivity contribution in [2.45, 2.75) is 0 Å². The number of carboxylic acids is 1. The lowest BCUT2D eigenvalue weighted by Gasteiger charge is -1.90. The highest BCUT2D eigenvalue weighted by Crippen LogP contribution is 1.73. The summed E-state index contributed by atoms with van der Waals surface area (Å²) in [6, 6.07) is 0. The number of aliphatic carboxylic acids is 1. The summed E-state index contributed by atoms with van der Waals surface area (Å²) in [5, 5.41) is 7.71. The molecule has 0 amide bonds. The van der Waals surface area contributed by atoms with Gasteiger partial charge in [0, 0.05) is 0 Å². The standard InChI is InChI=1S/C3H9N.C2H3BrO2/c1-4(2)3;3-1-2(4)5/h1-3H3;1H2,(H,4,5). The van der Waals surface area contributed by atoms with E-state index in [0.29, 0.717) is 0 Å². The van der Waals surface area contributed by atoms with Gasteiger partial charge < -0.3 is 10.0 Å². The van der Waals surface area contributed by atoms with Gasteiger partial charge in [-0.3, -0.25) is 4.79 Å². The molecule has 0 fully saturated rings. The Morgan fingerprint density at radius 3 is 1.67 bits per heavy atom. The maximum absolute atomic E-state index is 9.32. The van der Waals surface area contributed by atoms with Gasteiger partial charge >= 0.3 is 5.97 Å². The Morgan fingerprint density at radius 1 is 1.56 bits per heavy atom. The van der Waals surface area contributed by atoms with Crippen molar-refractivity contribution in [3.05, 3.63) is 0 Å². The van der Waals surface area contributed by atoms with Gasteiger partial charge in [-0.25, -0.2) is 0 Å². The Hall–Kier alpha value is -0.0900. The molecule has 0 aliphatic rings. The van der Waals surface area contributed by atoms with Gasteiger partial charge in [-0.1, -0.05) is 15.9 Å². The SMILES string of the molecule is CN(C)C.O=C(O)CBr. The van der Waals surface area contributed by atoms with Crippen molar-refractivity contribution in [2.75, 3.05) is 26.5 Å². The van der Waals surface area contributed by atoms with Crippen LogP contribution in [0.3, 0.4) is 0 Å². The average Bonchev–Trinajstić information content (AvgIpc) is 1.65. The highest BCUT2D eigenvalue weighted by atomic mass is 79.9. The number of nitrogens with zero attached hydrogens (tertiary/aromatic N) is 1. The summed E-state index contributed by atoms with van der Waals surface area (Å²) in [7, 11) is 6.00. The van der Waals surface area contributed by atoms with Gasteiger partial charge in [0.15, 0.2) is 0 Å². The maximum atomic E-state index is 9.32. The number of halogens is 1. The van der Waals surface area contributed by atoms with Crippen molar-refractivity contribution in [2.24, 2.45) is 0 Å². The molecule has 0 heterocycles. The van der Waals surface area contributed by atoms with E-state index in [-0.39, 0.29) is 5.33 Å². The van der Waals surface area contributed by atoms with Crippen LogP contribution < -0.4 is 0 Å². The van der Waals surface area contributed by atoms with Crippen LogP contribution in [0, 0.1) is 0 Å². The molecule has 0 aliphatic carbocycles. The van der Waals surface area contributed by atoms with Crippen LogP contribution in [-0.4, -0.2) is 42.4 Å². The smallest absolute Gasteiger partial charge is 0.314 e. The first-order valence-electron chi connectivity index (χ1n) is 2.39. The number of hydrogen-bond donors (Lipinski definition) is 1. The Kier molecular flexibility index (Phi) is 10.3. The molecule has 0 aromatic heterocycles. The lowest BCUT2D eigenvalue weighted by atomic mass is 10.8.